The molecular weight excluding hydrogens is 312 g/mol. The zero-order chi connectivity index (χ0) is 14.0. The van der Waals surface area contributed by atoms with Gasteiger partial charge in [-0.05, 0) is 12.1 Å². The largest absolute Gasteiger partial charge is 0.250 e. The minimum atomic E-state index is -3.15. The van der Waals surface area contributed by atoms with Crippen LogP contribution >= 0.6 is 22.7 Å². The van der Waals surface area contributed by atoms with E-state index in [0.717, 1.165) is 15.9 Å². The molecule has 2 aromatic heterocycles. The summed E-state index contributed by atoms with van der Waals surface area (Å²) in [6, 6.07) is 7.69. The van der Waals surface area contributed by atoms with E-state index in [1.54, 1.807) is 5.51 Å². The van der Waals surface area contributed by atoms with Gasteiger partial charge in [-0.25, -0.2) is 18.4 Å². The molecule has 1 aromatic carbocycles. The van der Waals surface area contributed by atoms with Crippen LogP contribution in [-0.2, 0) is 22.0 Å². The lowest BCUT2D eigenvalue weighted by Gasteiger charge is -2.00. The molecule has 0 spiro atoms. The van der Waals surface area contributed by atoms with Crippen LogP contribution in [0.3, 0.4) is 0 Å². The fourth-order valence-electron chi connectivity index (χ4n) is 1.86. The summed E-state index contributed by atoms with van der Waals surface area (Å²) in [7, 11) is -3.15. The maximum atomic E-state index is 12.1. The molecular formula is C13H12N2O2S3. The molecule has 0 saturated carbocycles. The van der Waals surface area contributed by atoms with Gasteiger partial charge in [0.15, 0.2) is 9.84 Å². The molecule has 0 bridgehead atoms. The Bertz CT molecular complexity index is 774. The van der Waals surface area contributed by atoms with Crippen molar-refractivity contribution >= 4 is 42.7 Å². The molecule has 3 aromatic rings. The normalized spacial score (nSPS) is 12.0. The van der Waals surface area contributed by atoms with E-state index in [0.29, 0.717) is 11.4 Å². The summed E-state index contributed by atoms with van der Waals surface area (Å²) in [5.74, 6) is 0.128. The predicted octanol–water partition coefficient (Wildman–Crippen LogP) is 2.91. The number of fused-ring (bicyclic) bond motifs is 1. The van der Waals surface area contributed by atoms with E-state index in [2.05, 4.69) is 9.97 Å². The van der Waals surface area contributed by atoms with Gasteiger partial charge >= 0.3 is 0 Å². The second-order valence-electron chi connectivity index (χ2n) is 4.40. The van der Waals surface area contributed by atoms with Crippen LogP contribution in [0.4, 0.5) is 0 Å². The smallest absolute Gasteiger partial charge is 0.157 e. The van der Waals surface area contributed by atoms with Crippen LogP contribution in [0.2, 0.25) is 0 Å². The van der Waals surface area contributed by atoms with Gasteiger partial charge < -0.3 is 0 Å². The molecule has 0 aliphatic heterocycles. The number of thiazole rings is 2. The van der Waals surface area contributed by atoms with Crippen LogP contribution < -0.4 is 0 Å². The maximum Gasteiger partial charge on any atom is 0.157 e. The molecule has 0 aliphatic rings. The summed E-state index contributed by atoms with van der Waals surface area (Å²) in [6.07, 6.45) is 0.469. The molecule has 0 radical (unpaired) electrons. The fourth-order valence-corrected chi connectivity index (χ4v) is 5.10. The molecule has 0 fully saturated rings. The summed E-state index contributed by atoms with van der Waals surface area (Å²) < 4.78 is 25.3. The molecule has 104 valence electrons. The number of hydrogen-bond donors (Lipinski definition) is 0. The van der Waals surface area contributed by atoms with Gasteiger partial charge in [0.1, 0.15) is 10.8 Å². The molecule has 0 atom stereocenters. The Balaban J connectivity index is 1.72. The molecule has 4 nitrogen and oxygen atoms in total. The number of nitrogens with zero attached hydrogens (tertiary/aromatic N) is 2. The predicted molar refractivity (Wildman–Crippen MR) is 82.9 cm³/mol. The number of aryl methyl sites for hydroxylation is 1. The molecule has 0 amide bonds. The summed E-state index contributed by atoms with van der Waals surface area (Å²) in [6.45, 7) is 0. The molecule has 3 rings (SSSR count). The topological polar surface area (TPSA) is 59.9 Å². The Labute approximate surface area is 125 Å². The zero-order valence-corrected chi connectivity index (χ0v) is 13.0. The van der Waals surface area contributed by atoms with E-state index in [1.165, 1.54) is 22.7 Å². The first-order valence-corrected chi connectivity index (χ1v) is 9.62. The molecule has 2 heterocycles. The zero-order valence-electron chi connectivity index (χ0n) is 10.5. The second kappa shape index (κ2) is 5.59. The van der Waals surface area contributed by atoms with E-state index < -0.39 is 9.84 Å². The summed E-state index contributed by atoms with van der Waals surface area (Å²) >= 11 is 2.92. The number of hydrogen-bond acceptors (Lipinski definition) is 6. The van der Waals surface area contributed by atoms with Gasteiger partial charge in [0.25, 0.3) is 0 Å². The van der Waals surface area contributed by atoms with E-state index in [9.17, 15) is 8.42 Å². The lowest BCUT2D eigenvalue weighted by molar-refractivity contribution is 0.594. The van der Waals surface area contributed by atoms with Crippen molar-refractivity contribution in [3.05, 3.63) is 45.9 Å². The summed E-state index contributed by atoms with van der Waals surface area (Å²) in [5.41, 5.74) is 3.42. The maximum absolute atomic E-state index is 12.1. The number of benzene rings is 1. The van der Waals surface area contributed by atoms with Crippen molar-refractivity contribution in [1.82, 2.24) is 9.97 Å². The highest BCUT2D eigenvalue weighted by molar-refractivity contribution is 7.90. The lowest BCUT2D eigenvalue weighted by atomic mass is 10.3. The molecule has 0 unspecified atom stereocenters. The molecule has 0 N–H and O–H groups in total. The van der Waals surface area contributed by atoms with E-state index in [1.807, 2.05) is 29.6 Å². The number of para-hydroxylation sites is 1. The molecule has 7 heteroatoms. The van der Waals surface area contributed by atoms with Gasteiger partial charge in [-0.1, -0.05) is 12.1 Å². The third-order valence-corrected chi connectivity index (χ3v) is 6.23. The first kappa shape index (κ1) is 13.7. The summed E-state index contributed by atoms with van der Waals surface area (Å²) in [4.78, 5) is 8.47. The van der Waals surface area contributed by atoms with Crippen molar-refractivity contribution < 1.29 is 8.42 Å². The van der Waals surface area contributed by atoms with Gasteiger partial charge in [0, 0.05) is 11.8 Å². The van der Waals surface area contributed by atoms with Crippen molar-refractivity contribution in [2.45, 2.75) is 12.2 Å². The minimum absolute atomic E-state index is 0.0104. The van der Waals surface area contributed by atoms with Crippen LogP contribution in [0.15, 0.2) is 35.2 Å². The van der Waals surface area contributed by atoms with Crippen molar-refractivity contribution in [1.29, 1.82) is 0 Å². The van der Waals surface area contributed by atoms with Crippen molar-refractivity contribution in [2.75, 3.05) is 5.75 Å². The number of rotatable bonds is 5. The van der Waals surface area contributed by atoms with Crippen LogP contribution in [0.25, 0.3) is 10.2 Å². The SMILES string of the molecule is O=S(=O)(CCc1cscn1)Cc1nc2ccccc2s1. The highest BCUT2D eigenvalue weighted by Gasteiger charge is 2.16. The van der Waals surface area contributed by atoms with E-state index >= 15 is 0 Å². The van der Waals surface area contributed by atoms with Crippen LogP contribution in [-0.4, -0.2) is 24.1 Å². The van der Waals surface area contributed by atoms with Gasteiger partial charge in [-0.3, -0.25) is 0 Å². The highest BCUT2D eigenvalue weighted by Crippen LogP contribution is 2.23. The average Bonchev–Trinajstić information content (AvgIpc) is 3.04. The minimum Gasteiger partial charge on any atom is -0.250 e. The first-order valence-electron chi connectivity index (χ1n) is 6.04. The monoisotopic (exact) mass is 324 g/mol. The Hall–Kier alpha value is -1.31. The Morgan fingerprint density at radius 3 is 2.80 bits per heavy atom. The van der Waals surface area contributed by atoms with Gasteiger partial charge in [-0.15, -0.1) is 22.7 Å². The molecule has 0 aliphatic carbocycles. The Morgan fingerprint density at radius 1 is 1.20 bits per heavy atom. The van der Waals surface area contributed by atoms with E-state index in [-0.39, 0.29) is 11.5 Å². The van der Waals surface area contributed by atoms with Crippen LogP contribution in [0, 0.1) is 0 Å². The van der Waals surface area contributed by atoms with Crippen molar-refractivity contribution in [3.63, 3.8) is 0 Å². The van der Waals surface area contributed by atoms with Crippen LogP contribution in [0.1, 0.15) is 10.7 Å². The second-order valence-corrected chi connectivity index (χ2v) is 8.42. The van der Waals surface area contributed by atoms with Crippen molar-refractivity contribution in [2.24, 2.45) is 0 Å². The Kier molecular flexibility index (Phi) is 3.82. The number of sulfone groups is 1. The third kappa shape index (κ3) is 3.23. The standard InChI is InChI=1S/C13H12N2O2S3/c16-20(17,6-5-10-7-18-9-14-10)8-13-15-11-3-1-2-4-12(11)19-13/h1-4,7,9H,5-6,8H2. The number of aromatic nitrogens is 2. The Morgan fingerprint density at radius 2 is 2.05 bits per heavy atom. The third-order valence-electron chi connectivity index (χ3n) is 2.83. The van der Waals surface area contributed by atoms with Gasteiger partial charge in [0.2, 0.25) is 0 Å². The average molecular weight is 324 g/mol. The van der Waals surface area contributed by atoms with Crippen molar-refractivity contribution in [3.8, 4) is 0 Å². The van der Waals surface area contributed by atoms with E-state index in [4.69, 9.17) is 0 Å². The molecule has 0 saturated heterocycles. The van der Waals surface area contributed by atoms with Crippen LogP contribution in [0.5, 0.6) is 0 Å². The van der Waals surface area contributed by atoms with Gasteiger partial charge in [0.05, 0.1) is 27.2 Å². The first-order chi connectivity index (χ1) is 9.62. The summed E-state index contributed by atoms with van der Waals surface area (Å²) in [5, 5.41) is 2.54. The lowest BCUT2D eigenvalue weighted by Crippen LogP contribution is -2.11. The van der Waals surface area contributed by atoms with Gasteiger partial charge in [-0.2, -0.15) is 0 Å². The quantitative estimate of drug-likeness (QED) is 0.724. The highest BCUT2D eigenvalue weighted by atomic mass is 32.2. The molecule has 20 heavy (non-hydrogen) atoms. The fraction of sp³-hybridized carbons (Fsp3) is 0.231.